The smallest absolute Gasteiger partial charge is 0.230 e. The van der Waals surface area contributed by atoms with Gasteiger partial charge in [-0.2, -0.15) is 0 Å². The Balaban J connectivity index is 1.64. The molecule has 0 atom stereocenters. The first-order valence-electron chi connectivity index (χ1n) is 10.2. The van der Waals surface area contributed by atoms with Crippen LogP contribution in [0.2, 0.25) is 0 Å². The number of hydrogen-bond acceptors (Lipinski definition) is 5. The first-order chi connectivity index (χ1) is 14.7. The van der Waals surface area contributed by atoms with Gasteiger partial charge in [0, 0.05) is 11.7 Å². The molecule has 4 rings (SSSR count). The van der Waals surface area contributed by atoms with Gasteiger partial charge < -0.3 is 10.1 Å². The zero-order valence-corrected chi connectivity index (χ0v) is 18.1. The minimum atomic E-state index is 0.0456. The van der Waals surface area contributed by atoms with Crippen molar-refractivity contribution in [1.82, 2.24) is 20.1 Å². The third kappa shape index (κ3) is 4.51. The average molecular weight is 423 g/mol. The largest absolute Gasteiger partial charge is 0.496 e. The predicted octanol–water partition coefficient (Wildman–Crippen LogP) is 4.40. The molecule has 0 unspecified atom stereocenters. The van der Waals surface area contributed by atoms with E-state index in [1.54, 1.807) is 7.11 Å². The van der Waals surface area contributed by atoms with Crippen LogP contribution in [-0.4, -0.2) is 39.6 Å². The molecule has 1 fully saturated rings. The Hall–Kier alpha value is -2.80. The first kappa shape index (κ1) is 20.5. The molecule has 1 N–H and O–H groups in total. The molecule has 30 heavy (non-hydrogen) atoms. The highest BCUT2D eigenvalue weighted by molar-refractivity contribution is 7.99. The molecule has 0 spiro atoms. The zero-order valence-electron chi connectivity index (χ0n) is 17.3. The Labute approximate surface area is 181 Å². The van der Waals surface area contributed by atoms with Crippen LogP contribution in [0.3, 0.4) is 0 Å². The fourth-order valence-corrected chi connectivity index (χ4v) is 4.53. The van der Waals surface area contributed by atoms with Crippen molar-refractivity contribution in [2.45, 2.75) is 43.8 Å². The van der Waals surface area contributed by atoms with Gasteiger partial charge >= 0.3 is 0 Å². The highest BCUT2D eigenvalue weighted by atomic mass is 32.2. The van der Waals surface area contributed by atoms with Crippen LogP contribution < -0.4 is 10.1 Å². The summed E-state index contributed by atoms with van der Waals surface area (Å²) in [5.74, 6) is 1.78. The molecule has 7 heteroatoms. The van der Waals surface area contributed by atoms with Crippen molar-refractivity contribution in [3.05, 3.63) is 54.1 Å². The van der Waals surface area contributed by atoms with Crippen LogP contribution in [-0.2, 0) is 4.79 Å². The van der Waals surface area contributed by atoms with E-state index in [0.717, 1.165) is 29.8 Å². The van der Waals surface area contributed by atoms with Crippen LogP contribution in [0.25, 0.3) is 17.1 Å². The lowest BCUT2D eigenvalue weighted by atomic mass is 10.1. The molecular formula is C23H26N4O2S. The van der Waals surface area contributed by atoms with Crippen LogP contribution in [0, 0.1) is 6.92 Å². The second-order valence-electron chi connectivity index (χ2n) is 7.51. The van der Waals surface area contributed by atoms with Gasteiger partial charge in [0.25, 0.3) is 0 Å². The lowest BCUT2D eigenvalue weighted by Gasteiger charge is -2.14. The molecule has 0 aliphatic heterocycles. The van der Waals surface area contributed by atoms with Gasteiger partial charge in [0.05, 0.1) is 18.4 Å². The molecule has 156 valence electrons. The number of methoxy groups -OCH3 is 1. The molecule has 6 nitrogen and oxygen atoms in total. The zero-order chi connectivity index (χ0) is 20.9. The molecule has 1 heterocycles. The number of aryl methyl sites for hydroxylation is 1. The molecule has 1 aromatic heterocycles. The summed E-state index contributed by atoms with van der Waals surface area (Å²) in [6, 6.07) is 16.3. The second-order valence-corrected chi connectivity index (χ2v) is 8.46. The average Bonchev–Trinajstić information content (AvgIpc) is 3.42. The molecule has 3 aromatic rings. The molecule has 1 amide bonds. The van der Waals surface area contributed by atoms with Crippen molar-refractivity contribution in [2.75, 3.05) is 12.9 Å². The van der Waals surface area contributed by atoms with Gasteiger partial charge in [-0.3, -0.25) is 9.36 Å². The highest BCUT2D eigenvalue weighted by Gasteiger charge is 2.21. The predicted molar refractivity (Wildman–Crippen MR) is 119 cm³/mol. The van der Waals surface area contributed by atoms with Gasteiger partial charge in [-0.05, 0) is 44.0 Å². The fourth-order valence-electron chi connectivity index (χ4n) is 3.76. The summed E-state index contributed by atoms with van der Waals surface area (Å²) in [6.45, 7) is 2.06. The number of amides is 1. The number of carbonyl (C=O) groups excluding carboxylic acids is 1. The molecular weight excluding hydrogens is 396 g/mol. The Morgan fingerprint density at radius 1 is 1.13 bits per heavy atom. The lowest BCUT2D eigenvalue weighted by molar-refractivity contribution is -0.119. The van der Waals surface area contributed by atoms with Gasteiger partial charge in [0.15, 0.2) is 11.0 Å². The third-order valence-electron chi connectivity index (χ3n) is 5.33. The number of rotatable bonds is 7. The van der Waals surface area contributed by atoms with Gasteiger partial charge in [0.2, 0.25) is 5.91 Å². The van der Waals surface area contributed by atoms with Crippen LogP contribution in [0.15, 0.2) is 53.7 Å². The molecule has 2 aromatic carbocycles. The van der Waals surface area contributed by atoms with Crippen molar-refractivity contribution in [1.29, 1.82) is 0 Å². The molecule has 1 aliphatic rings. The van der Waals surface area contributed by atoms with E-state index in [-0.39, 0.29) is 5.91 Å². The normalized spacial score (nSPS) is 14.1. The minimum Gasteiger partial charge on any atom is -0.496 e. The number of nitrogens with one attached hydrogen (secondary N) is 1. The number of ether oxygens (including phenoxy) is 1. The van der Waals surface area contributed by atoms with Gasteiger partial charge in [-0.15, -0.1) is 10.2 Å². The molecule has 0 radical (unpaired) electrons. The molecule has 0 bridgehead atoms. The summed E-state index contributed by atoms with van der Waals surface area (Å²) in [4.78, 5) is 12.4. The van der Waals surface area contributed by atoms with Crippen molar-refractivity contribution in [3.63, 3.8) is 0 Å². The van der Waals surface area contributed by atoms with Gasteiger partial charge in [-0.25, -0.2) is 0 Å². The Morgan fingerprint density at radius 3 is 2.60 bits per heavy atom. The number of aromatic nitrogens is 3. The number of benzene rings is 2. The van der Waals surface area contributed by atoms with Crippen LogP contribution in [0.1, 0.15) is 31.2 Å². The Bertz CT molecular complexity index is 1010. The van der Waals surface area contributed by atoms with E-state index in [9.17, 15) is 4.79 Å². The Morgan fingerprint density at radius 2 is 1.87 bits per heavy atom. The summed E-state index contributed by atoms with van der Waals surface area (Å²) in [5, 5.41) is 12.7. The van der Waals surface area contributed by atoms with Gasteiger partial charge in [0.1, 0.15) is 5.75 Å². The van der Waals surface area contributed by atoms with E-state index in [4.69, 9.17) is 4.74 Å². The van der Waals surface area contributed by atoms with Crippen molar-refractivity contribution < 1.29 is 9.53 Å². The minimum absolute atomic E-state index is 0.0456. The quantitative estimate of drug-likeness (QED) is 0.572. The standard InChI is InChI=1S/C23H26N4O2S/c1-16-11-13-18(14-12-16)27-22(19-9-5-6-10-20(19)29-2)25-26-23(27)30-15-21(28)24-17-7-3-4-8-17/h5-6,9-14,17H,3-4,7-8,15H2,1-2H3,(H,24,28). The topological polar surface area (TPSA) is 69.0 Å². The van der Waals surface area contributed by atoms with E-state index in [0.29, 0.717) is 22.8 Å². The first-order valence-corrected chi connectivity index (χ1v) is 11.2. The number of hydrogen-bond donors (Lipinski definition) is 1. The van der Waals surface area contributed by atoms with E-state index in [1.807, 2.05) is 41.0 Å². The van der Waals surface area contributed by atoms with Crippen LogP contribution in [0.4, 0.5) is 0 Å². The van der Waals surface area contributed by atoms with Crippen molar-refractivity contribution >= 4 is 17.7 Å². The molecule has 1 saturated carbocycles. The van der Waals surface area contributed by atoms with E-state index < -0.39 is 0 Å². The molecule has 0 saturated heterocycles. The second kappa shape index (κ2) is 9.34. The summed E-state index contributed by atoms with van der Waals surface area (Å²) < 4.78 is 7.53. The number of carbonyl (C=O) groups is 1. The maximum Gasteiger partial charge on any atom is 0.230 e. The van der Waals surface area contributed by atoms with Crippen molar-refractivity contribution in [2.24, 2.45) is 0 Å². The van der Waals surface area contributed by atoms with Crippen molar-refractivity contribution in [3.8, 4) is 22.8 Å². The van der Waals surface area contributed by atoms with Gasteiger partial charge in [-0.1, -0.05) is 54.4 Å². The Kier molecular flexibility index (Phi) is 6.38. The van der Waals surface area contributed by atoms with Crippen LogP contribution in [0.5, 0.6) is 5.75 Å². The highest BCUT2D eigenvalue weighted by Crippen LogP contribution is 2.33. The monoisotopic (exact) mass is 422 g/mol. The summed E-state index contributed by atoms with van der Waals surface area (Å²) >= 11 is 1.40. The number of thioether (sulfide) groups is 1. The fraction of sp³-hybridized carbons (Fsp3) is 0.348. The number of para-hydroxylation sites is 1. The lowest BCUT2D eigenvalue weighted by Crippen LogP contribution is -2.33. The summed E-state index contributed by atoms with van der Waals surface area (Å²) in [7, 11) is 1.65. The SMILES string of the molecule is COc1ccccc1-c1nnc(SCC(=O)NC2CCCC2)n1-c1ccc(C)cc1. The van der Waals surface area contributed by atoms with E-state index in [2.05, 4.69) is 34.6 Å². The van der Waals surface area contributed by atoms with E-state index >= 15 is 0 Å². The molecule has 1 aliphatic carbocycles. The van der Waals surface area contributed by atoms with Crippen LogP contribution >= 0.6 is 11.8 Å². The maximum absolute atomic E-state index is 12.4. The number of nitrogens with zero attached hydrogens (tertiary/aromatic N) is 3. The third-order valence-corrected chi connectivity index (χ3v) is 6.26. The summed E-state index contributed by atoms with van der Waals surface area (Å²) in [6.07, 6.45) is 4.55. The van der Waals surface area contributed by atoms with E-state index in [1.165, 1.54) is 30.2 Å². The maximum atomic E-state index is 12.4. The summed E-state index contributed by atoms with van der Waals surface area (Å²) in [5.41, 5.74) is 2.98.